The fourth-order valence-electron chi connectivity index (χ4n) is 2.58. The number of benzene rings is 1. The molecule has 1 aromatic rings. The van der Waals surface area contributed by atoms with Crippen LogP contribution in [0, 0.1) is 12.3 Å². The minimum absolute atomic E-state index is 0. The summed E-state index contributed by atoms with van der Waals surface area (Å²) in [5, 5.41) is 0. The first-order chi connectivity index (χ1) is 9.99. The lowest BCUT2D eigenvalue weighted by atomic mass is 9.90. The average molecular weight is 383 g/mol. The van der Waals surface area contributed by atoms with E-state index < -0.39 is 19.9 Å². The zero-order valence-electron chi connectivity index (χ0n) is 13.4. The predicted molar refractivity (Wildman–Crippen MR) is 92.1 cm³/mol. The third kappa shape index (κ3) is 4.06. The zero-order valence-corrected chi connectivity index (χ0v) is 15.9. The van der Waals surface area contributed by atoms with Crippen LogP contribution in [0.5, 0.6) is 0 Å². The smallest absolute Gasteiger partial charge is 0.243 e. The van der Waals surface area contributed by atoms with Crippen LogP contribution in [0.2, 0.25) is 0 Å². The lowest BCUT2D eigenvalue weighted by molar-refractivity contribution is 0.349. The van der Waals surface area contributed by atoms with Crippen molar-refractivity contribution in [2.24, 2.45) is 11.1 Å². The van der Waals surface area contributed by atoms with Crippen LogP contribution in [0.15, 0.2) is 28.0 Å². The molecule has 1 aliphatic heterocycles. The Hall–Kier alpha value is -0.670. The summed E-state index contributed by atoms with van der Waals surface area (Å²) in [5.41, 5.74) is 6.03. The van der Waals surface area contributed by atoms with Crippen molar-refractivity contribution in [1.82, 2.24) is 4.31 Å². The fourth-order valence-corrected chi connectivity index (χ4v) is 5.14. The average Bonchev–Trinajstić information content (AvgIpc) is 2.82. The van der Waals surface area contributed by atoms with Gasteiger partial charge in [0.2, 0.25) is 10.0 Å². The van der Waals surface area contributed by atoms with Crippen LogP contribution in [-0.2, 0) is 19.9 Å². The Balaban J connectivity index is 0.00000264. The van der Waals surface area contributed by atoms with Crippen LogP contribution in [0.25, 0.3) is 0 Å². The van der Waals surface area contributed by atoms with E-state index in [2.05, 4.69) is 0 Å². The summed E-state index contributed by atoms with van der Waals surface area (Å²) in [6, 6.07) is 4.21. The second-order valence-corrected chi connectivity index (χ2v) is 10.2. The number of aryl methyl sites for hydroxylation is 1. The molecule has 1 aliphatic rings. The molecule has 0 bridgehead atoms. The number of hydrogen-bond donors (Lipinski definition) is 1. The lowest BCUT2D eigenvalue weighted by Crippen LogP contribution is -2.34. The molecule has 1 heterocycles. The van der Waals surface area contributed by atoms with Gasteiger partial charge in [0.25, 0.3) is 0 Å². The van der Waals surface area contributed by atoms with Gasteiger partial charge in [-0.2, -0.15) is 4.31 Å². The van der Waals surface area contributed by atoms with E-state index in [9.17, 15) is 16.8 Å². The Kier molecular flexibility index (Phi) is 5.92. The Bertz CT molecular complexity index is 793. The van der Waals surface area contributed by atoms with Gasteiger partial charge >= 0.3 is 0 Å². The highest BCUT2D eigenvalue weighted by atomic mass is 35.5. The van der Waals surface area contributed by atoms with E-state index in [1.165, 1.54) is 22.5 Å². The maximum Gasteiger partial charge on any atom is 0.243 e. The highest BCUT2D eigenvalue weighted by Crippen LogP contribution is 2.33. The van der Waals surface area contributed by atoms with Crippen molar-refractivity contribution in [2.45, 2.75) is 30.1 Å². The van der Waals surface area contributed by atoms with Crippen molar-refractivity contribution in [3.05, 3.63) is 23.8 Å². The molecule has 1 fully saturated rings. The van der Waals surface area contributed by atoms with Crippen molar-refractivity contribution in [3.63, 3.8) is 0 Å². The molecule has 0 aliphatic carbocycles. The highest BCUT2D eigenvalue weighted by Gasteiger charge is 2.39. The number of sulfonamides is 1. The molecule has 0 amide bonds. The van der Waals surface area contributed by atoms with Crippen LogP contribution in [0.1, 0.15) is 18.9 Å². The molecule has 23 heavy (non-hydrogen) atoms. The van der Waals surface area contributed by atoms with Gasteiger partial charge in [-0.25, -0.2) is 16.8 Å². The topological polar surface area (TPSA) is 97.5 Å². The van der Waals surface area contributed by atoms with Gasteiger partial charge in [-0.1, -0.05) is 13.0 Å². The van der Waals surface area contributed by atoms with E-state index in [-0.39, 0.29) is 27.6 Å². The Morgan fingerprint density at radius 3 is 2.35 bits per heavy atom. The summed E-state index contributed by atoms with van der Waals surface area (Å²) in [6.45, 7) is 4.80. The van der Waals surface area contributed by atoms with Crippen LogP contribution in [0.4, 0.5) is 0 Å². The van der Waals surface area contributed by atoms with Gasteiger partial charge in [-0.05, 0) is 43.0 Å². The molecule has 0 radical (unpaired) electrons. The standard InChI is InChI=1S/C14H22N2O4S2.ClH/c1-11-4-5-12(21(3,17)18)8-13(11)22(19,20)16-7-6-14(2,9-15)10-16;/h4-5,8H,6-7,9-10,15H2,1-3H3;1H. The maximum atomic E-state index is 12.8. The number of nitrogens with two attached hydrogens (primary N) is 1. The van der Waals surface area contributed by atoms with Gasteiger partial charge in [-0.3, -0.25) is 0 Å². The molecule has 2 N–H and O–H groups in total. The molecule has 2 rings (SSSR count). The Labute approximate surface area is 144 Å². The first-order valence-corrected chi connectivity index (χ1v) is 10.3. The SMILES string of the molecule is Cc1ccc(S(C)(=O)=O)cc1S(=O)(=O)N1CCC(C)(CN)C1.Cl. The van der Waals surface area contributed by atoms with Crippen LogP contribution >= 0.6 is 12.4 Å². The summed E-state index contributed by atoms with van der Waals surface area (Å²) in [4.78, 5) is 0.0640. The Morgan fingerprint density at radius 2 is 1.87 bits per heavy atom. The minimum atomic E-state index is -3.72. The highest BCUT2D eigenvalue weighted by molar-refractivity contribution is 7.91. The second-order valence-electron chi connectivity index (χ2n) is 6.30. The van der Waals surface area contributed by atoms with Crippen LogP contribution < -0.4 is 5.73 Å². The number of sulfone groups is 1. The monoisotopic (exact) mass is 382 g/mol. The van der Waals surface area contributed by atoms with Crippen molar-refractivity contribution in [2.75, 3.05) is 25.9 Å². The van der Waals surface area contributed by atoms with Crippen molar-refractivity contribution in [3.8, 4) is 0 Å². The molecule has 1 saturated heterocycles. The summed E-state index contributed by atoms with van der Waals surface area (Å²) in [5.74, 6) is 0. The molecule has 132 valence electrons. The summed E-state index contributed by atoms with van der Waals surface area (Å²) in [7, 11) is -7.18. The van der Waals surface area contributed by atoms with Crippen LogP contribution in [-0.4, -0.2) is 47.0 Å². The Morgan fingerprint density at radius 1 is 1.26 bits per heavy atom. The van der Waals surface area contributed by atoms with E-state index in [4.69, 9.17) is 5.73 Å². The minimum Gasteiger partial charge on any atom is -0.330 e. The third-order valence-corrected chi connectivity index (χ3v) is 7.32. The van der Waals surface area contributed by atoms with E-state index in [0.29, 0.717) is 31.6 Å². The van der Waals surface area contributed by atoms with Gasteiger partial charge in [0.05, 0.1) is 9.79 Å². The van der Waals surface area contributed by atoms with E-state index in [1.807, 2.05) is 6.92 Å². The van der Waals surface area contributed by atoms with Gasteiger partial charge in [-0.15, -0.1) is 12.4 Å². The van der Waals surface area contributed by atoms with Crippen molar-refractivity contribution < 1.29 is 16.8 Å². The molecule has 9 heteroatoms. The summed E-state index contributed by atoms with van der Waals surface area (Å²) in [6.07, 6.45) is 1.77. The normalized spacial score (nSPS) is 22.8. The van der Waals surface area contributed by atoms with Gasteiger partial charge in [0.1, 0.15) is 0 Å². The maximum absolute atomic E-state index is 12.8. The molecule has 1 unspecified atom stereocenters. The summed E-state index contributed by atoms with van der Waals surface area (Å²) >= 11 is 0. The van der Waals surface area contributed by atoms with E-state index in [0.717, 1.165) is 6.26 Å². The number of halogens is 1. The molecule has 6 nitrogen and oxygen atoms in total. The zero-order chi connectivity index (χ0) is 16.8. The lowest BCUT2D eigenvalue weighted by Gasteiger charge is -2.23. The molecule has 1 atom stereocenters. The number of nitrogens with zero attached hydrogens (tertiary/aromatic N) is 1. The molecule has 0 spiro atoms. The van der Waals surface area contributed by atoms with Crippen LogP contribution in [0.3, 0.4) is 0 Å². The van der Waals surface area contributed by atoms with Gasteiger partial charge in [0.15, 0.2) is 9.84 Å². The van der Waals surface area contributed by atoms with Crippen molar-refractivity contribution >= 4 is 32.3 Å². The first kappa shape index (κ1) is 20.4. The quantitative estimate of drug-likeness (QED) is 0.843. The molecular formula is C14H23ClN2O4S2. The molecule has 0 saturated carbocycles. The summed E-state index contributed by atoms with van der Waals surface area (Å²) < 4.78 is 50.4. The molecule has 0 aromatic heterocycles. The third-order valence-electron chi connectivity index (χ3n) is 4.22. The van der Waals surface area contributed by atoms with E-state index >= 15 is 0 Å². The molecule has 1 aromatic carbocycles. The first-order valence-electron chi connectivity index (χ1n) is 7.01. The number of rotatable bonds is 4. The van der Waals surface area contributed by atoms with Gasteiger partial charge in [0, 0.05) is 19.3 Å². The molecular weight excluding hydrogens is 360 g/mol. The number of hydrogen-bond acceptors (Lipinski definition) is 5. The fraction of sp³-hybridized carbons (Fsp3) is 0.571. The van der Waals surface area contributed by atoms with Crippen molar-refractivity contribution in [1.29, 1.82) is 0 Å². The van der Waals surface area contributed by atoms with E-state index in [1.54, 1.807) is 6.92 Å². The second kappa shape index (κ2) is 6.68. The predicted octanol–water partition coefficient (Wildman–Crippen LogP) is 1.18. The largest absolute Gasteiger partial charge is 0.330 e. The van der Waals surface area contributed by atoms with Gasteiger partial charge < -0.3 is 5.73 Å².